The Balaban J connectivity index is 1.70. The van der Waals surface area contributed by atoms with Crippen molar-refractivity contribution in [3.63, 3.8) is 0 Å². The van der Waals surface area contributed by atoms with Crippen molar-refractivity contribution < 1.29 is 18.8 Å². The van der Waals surface area contributed by atoms with Gasteiger partial charge in [0.1, 0.15) is 5.82 Å². The number of carbonyl (C=O) groups is 3. The van der Waals surface area contributed by atoms with E-state index in [1.807, 2.05) is 11.9 Å². The lowest BCUT2D eigenvalue weighted by Crippen LogP contribution is -2.47. The topological polar surface area (TPSA) is 126 Å². The first-order valence-corrected chi connectivity index (χ1v) is 11.2. The number of aromatic amines is 1. The molecule has 1 aromatic heterocycles. The number of likely N-dealkylation sites (N-methyl/N-ethyl adjacent to an activating group) is 1. The number of halogens is 1. The van der Waals surface area contributed by atoms with Crippen LogP contribution >= 0.6 is 0 Å². The van der Waals surface area contributed by atoms with E-state index >= 15 is 4.39 Å². The Morgan fingerprint density at radius 3 is 2.29 bits per heavy atom. The minimum absolute atomic E-state index is 0.0748. The van der Waals surface area contributed by atoms with Crippen molar-refractivity contribution in [1.82, 2.24) is 14.8 Å². The van der Waals surface area contributed by atoms with Crippen LogP contribution < -0.4 is 11.5 Å². The number of nitrogens with one attached hydrogen (secondary N) is 1. The molecule has 0 spiro atoms. The van der Waals surface area contributed by atoms with E-state index < -0.39 is 17.6 Å². The zero-order chi connectivity index (χ0) is 24.9. The van der Waals surface area contributed by atoms with Gasteiger partial charge in [0.2, 0.25) is 0 Å². The Bertz CT molecular complexity index is 1520. The molecule has 0 radical (unpaired) electrons. The fourth-order valence-corrected chi connectivity index (χ4v) is 4.70. The zero-order valence-electron chi connectivity index (χ0n) is 19.1. The van der Waals surface area contributed by atoms with Gasteiger partial charge in [0.05, 0.1) is 16.6 Å². The Labute approximate surface area is 200 Å². The monoisotopic (exact) mass is 473 g/mol. The van der Waals surface area contributed by atoms with Gasteiger partial charge < -0.3 is 26.3 Å². The predicted octanol–water partition coefficient (Wildman–Crippen LogP) is 2.71. The highest BCUT2D eigenvalue weighted by Gasteiger charge is 2.23. The van der Waals surface area contributed by atoms with E-state index in [0.717, 1.165) is 13.1 Å². The van der Waals surface area contributed by atoms with Crippen LogP contribution in [0.2, 0.25) is 0 Å². The highest BCUT2D eigenvalue weighted by atomic mass is 19.1. The SMILES string of the molecule is CN1CCN(C(=O)c2ccc3c(c2)[nH]c2c(C(N)=O)ccc(-c4cccc(C(N)=O)c4F)c23)CC1. The second kappa shape index (κ2) is 8.52. The van der Waals surface area contributed by atoms with E-state index in [1.165, 1.54) is 12.1 Å². The van der Waals surface area contributed by atoms with Gasteiger partial charge in [0.15, 0.2) is 0 Å². The summed E-state index contributed by atoms with van der Waals surface area (Å²) < 4.78 is 15.2. The number of nitrogens with zero attached hydrogens (tertiary/aromatic N) is 2. The van der Waals surface area contributed by atoms with Gasteiger partial charge in [0.25, 0.3) is 17.7 Å². The number of rotatable bonds is 4. The number of fused-ring (bicyclic) bond motifs is 3. The van der Waals surface area contributed by atoms with E-state index in [2.05, 4.69) is 9.88 Å². The number of piperazine rings is 1. The van der Waals surface area contributed by atoms with E-state index in [-0.39, 0.29) is 22.6 Å². The van der Waals surface area contributed by atoms with E-state index in [0.29, 0.717) is 46.0 Å². The molecule has 1 fully saturated rings. The number of hydrogen-bond acceptors (Lipinski definition) is 4. The molecule has 0 unspecified atom stereocenters. The van der Waals surface area contributed by atoms with E-state index in [1.54, 1.807) is 36.4 Å². The average molecular weight is 474 g/mol. The van der Waals surface area contributed by atoms with Crippen molar-refractivity contribution in [3.8, 4) is 11.1 Å². The Hall–Kier alpha value is -4.24. The number of carbonyl (C=O) groups excluding carboxylic acids is 3. The first-order valence-electron chi connectivity index (χ1n) is 11.2. The molecule has 2 heterocycles. The maximum absolute atomic E-state index is 15.2. The maximum Gasteiger partial charge on any atom is 0.254 e. The maximum atomic E-state index is 15.2. The molecule has 5 N–H and O–H groups in total. The van der Waals surface area contributed by atoms with Crippen LogP contribution in [0.5, 0.6) is 0 Å². The summed E-state index contributed by atoms with van der Waals surface area (Å²) in [6, 6.07) is 12.8. The second-order valence-electron chi connectivity index (χ2n) is 8.79. The summed E-state index contributed by atoms with van der Waals surface area (Å²) in [6.07, 6.45) is 0. The van der Waals surface area contributed by atoms with E-state index in [4.69, 9.17) is 11.5 Å². The summed E-state index contributed by atoms with van der Waals surface area (Å²) in [7, 11) is 2.02. The molecule has 3 amide bonds. The Morgan fingerprint density at radius 1 is 0.886 bits per heavy atom. The van der Waals surface area contributed by atoms with Crippen LogP contribution in [0.15, 0.2) is 48.5 Å². The number of amides is 3. The quantitative estimate of drug-likeness (QED) is 0.421. The molecular weight excluding hydrogens is 449 g/mol. The third-order valence-electron chi connectivity index (χ3n) is 6.61. The smallest absolute Gasteiger partial charge is 0.254 e. The number of H-pyrrole nitrogens is 1. The molecular formula is C26H24FN5O3. The summed E-state index contributed by atoms with van der Waals surface area (Å²) in [5.74, 6) is -2.34. The predicted molar refractivity (Wildman–Crippen MR) is 132 cm³/mol. The minimum atomic E-state index is -0.875. The lowest BCUT2D eigenvalue weighted by molar-refractivity contribution is 0.0664. The van der Waals surface area contributed by atoms with Crippen LogP contribution in [-0.2, 0) is 0 Å². The molecule has 8 nitrogen and oxygen atoms in total. The Kier molecular flexibility index (Phi) is 5.49. The first kappa shape index (κ1) is 22.5. The lowest BCUT2D eigenvalue weighted by atomic mass is 9.95. The summed E-state index contributed by atoms with van der Waals surface area (Å²) in [6.45, 7) is 2.90. The van der Waals surface area contributed by atoms with Crippen LogP contribution in [0.3, 0.4) is 0 Å². The normalized spacial score (nSPS) is 14.5. The number of aromatic nitrogens is 1. The van der Waals surface area contributed by atoms with Gasteiger partial charge in [-0.2, -0.15) is 0 Å². The van der Waals surface area contributed by atoms with Gasteiger partial charge in [-0.3, -0.25) is 14.4 Å². The Morgan fingerprint density at radius 2 is 1.60 bits per heavy atom. The van der Waals surface area contributed by atoms with E-state index in [9.17, 15) is 14.4 Å². The van der Waals surface area contributed by atoms with Gasteiger partial charge >= 0.3 is 0 Å². The van der Waals surface area contributed by atoms with Crippen molar-refractivity contribution in [3.05, 3.63) is 71.0 Å². The molecule has 1 aliphatic rings. The van der Waals surface area contributed by atoms with Crippen LogP contribution in [0.25, 0.3) is 32.9 Å². The summed E-state index contributed by atoms with van der Waals surface area (Å²) in [4.78, 5) is 44.2. The van der Waals surface area contributed by atoms with Crippen molar-refractivity contribution in [2.75, 3.05) is 33.2 Å². The van der Waals surface area contributed by atoms with Crippen LogP contribution in [0, 0.1) is 5.82 Å². The molecule has 0 bridgehead atoms. The highest BCUT2D eigenvalue weighted by molar-refractivity contribution is 6.20. The zero-order valence-corrected chi connectivity index (χ0v) is 19.1. The number of benzene rings is 3. The summed E-state index contributed by atoms with van der Waals surface area (Å²) in [5, 5.41) is 1.26. The minimum Gasteiger partial charge on any atom is -0.366 e. The number of primary amides is 2. The molecule has 0 atom stereocenters. The van der Waals surface area contributed by atoms with Gasteiger partial charge in [0, 0.05) is 53.6 Å². The first-order chi connectivity index (χ1) is 16.8. The third kappa shape index (κ3) is 3.79. The second-order valence-corrected chi connectivity index (χ2v) is 8.79. The van der Waals surface area contributed by atoms with Crippen molar-refractivity contribution in [2.24, 2.45) is 11.5 Å². The lowest BCUT2D eigenvalue weighted by Gasteiger charge is -2.32. The molecule has 178 valence electrons. The molecule has 0 saturated carbocycles. The number of hydrogen-bond donors (Lipinski definition) is 3. The van der Waals surface area contributed by atoms with Gasteiger partial charge in [-0.25, -0.2) is 4.39 Å². The molecule has 0 aliphatic carbocycles. The van der Waals surface area contributed by atoms with Crippen molar-refractivity contribution in [2.45, 2.75) is 0 Å². The molecule has 5 rings (SSSR count). The average Bonchev–Trinajstić information content (AvgIpc) is 3.22. The third-order valence-corrected chi connectivity index (χ3v) is 6.61. The van der Waals surface area contributed by atoms with Gasteiger partial charge in [-0.05, 0) is 36.9 Å². The van der Waals surface area contributed by atoms with Crippen molar-refractivity contribution >= 4 is 39.5 Å². The summed E-state index contributed by atoms with van der Waals surface area (Å²) >= 11 is 0. The van der Waals surface area contributed by atoms with Crippen LogP contribution in [0.1, 0.15) is 31.1 Å². The van der Waals surface area contributed by atoms with Gasteiger partial charge in [-0.15, -0.1) is 0 Å². The standard InChI is InChI=1S/C26H24FN5O3/c1-31-9-11-32(12-10-31)26(35)14-5-6-17-20(13-14)30-23-19(25(29)34)8-7-15(21(17)23)16-3-2-4-18(22(16)27)24(28)33/h2-8,13,30H,9-12H2,1H3,(H2,28,33)(H2,29,34). The van der Waals surface area contributed by atoms with Crippen molar-refractivity contribution in [1.29, 1.82) is 0 Å². The molecule has 3 aromatic carbocycles. The fourth-order valence-electron chi connectivity index (χ4n) is 4.70. The molecule has 9 heteroatoms. The highest BCUT2D eigenvalue weighted by Crippen LogP contribution is 2.38. The van der Waals surface area contributed by atoms with Crippen LogP contribution in [-0.4, -0.2) is 65.7 Å². The molecule has 4 aromatic rings. The van der Waals surface area contributed by atoms with Crippen LogP contribution in [0.4, 0.5) is 4.39 Å². The molecule has 1 aliphatic heterocycles. The molecule has 35 heavy (non-hydrogen) atoms. The fraction of sp³-hybridized carbons (Fsp3) is 0.192. The van der Waals surface area contributed by atoms with Gasteiger partial charge in [-0.1, -0.05) is 24.3 Å². The number of nitrogens with two attached hydrogens (primary N) is 2. The summed E-state index contributed by atoms with van der Waals surface area (Å²) in [5.41, 5.74) is 13.1. The largest absolute Gasteiger partial charge is 0.366 e. The molecule has 1 saturated heterocycles.